The maximum atomic E-state index is 12.3. The molecule has 23 heavy (non-hydrogen) atoms. The summed E-state index contributed by atoms with van der Waals surface area (Å²) in [5.41, 5.74) is 1.03. The maximum absolute atomic E-state index is 12.3. The average Bonchev–Trinajstić information content (AvgIpc) is 2.54. The number of anilines is 1. The van der Waals surface area contributed by atoms with Crippen LogP contribution < -0.4 is 15.4 Å². The average molecular weight is 337 g/mol. The van der Waals surface area contributed by atoms with Crippen molar-refractivity contribution in [1.82, 2.24) is 10.2 Å². The molecule has 1 aromatic rings. The van der Waals surface area contributed by atoms with Crippen LogP contribution in [-0.4, -0.2) is 62.0 Å². The number of thioether (sulfide) groups is 1. The molecule has 1 heterocycles. The van der Waals surface area contributed by atoms with Crippen LogP contribution in [0.2, 0.25) is 0 Å². The molecule has 1 fully saturated rings. The first-order valence-corrected chi connectivity index (χ1v) is 8.67. The van der Waals surface area contributed by atoms with Gasteiger partial charge in [-0.3, -0.25) is 9.59 Å². The van der Waals surface area contributed by atoms with Crippen molar-refractivity contribution < 1.29 is 14.3 Å². The lowest BCUT2D eigenvalue weighted by Gasteiger charge is -2.22. The highest BCUT2D eigenvalue weighted by molar-refractivity contribution is 7.99. The molecule has 2 rings (SSSR count). The molecule has 0 spiro atoms. The monoisotopic (exact) mass is 337 g/mol. The predicted molar refractivity (Wildman–Crippen MR) is 93.4 cm³/mol. The van der Waals surface area contributed by atoms with Crippen LogP contribution in [-0.2, 0) is 4.79 Å². The van der Waals surface area contributed by atoms with Gasteiger partial charge in [0, 0.05) is 50.2 Å². The predicted octanol–water partition coefficient (Wildman–Crippen LogP) is 1.43. The molecule has 0 saturated carbocycles. The number of ether oxygens (including phenoxy) is 1. The number of carbonyl (C=O) groups is 2. The SMILES string of the molecule is COc1ccc(C(=O)N(C)C)cc1NC(=O)CC1CSCCN1. The standard InChI is InChI=1S/C16H23N3O3S/c1-19(2)16(21)11-4-5-14(22-3)13(8-11)18-15(20)9-12-10-23-7-6-17-12/h4-5,8,12,17H,6-7,9-10H2,1-3H3,(H,18,20). The van der Waals surface area contributed by atoms with Crippen LogP contribution in [0.5, 0.6) is 5.75 Å². The van der Waals surface area contributed by atoms with Crippen LogP contribution in [0.3, 0.4) is 0 Å². The van der Waals surface area contributed by atoms with Crippen molar-refractivity contribution in [1.29, 1.82) is 0 Å². The van der Waals surface area contributed by atoms with E-state index < -0.39 is 0 Å². The van der Waals surface area contributed by atoms with E-state index >= 15 is 0 Å². The minimum Gasteiger partial charge on any atom is -0.495 e. The highest BCUT2D eigenvalue weighted by Crippen LogP contribution is 2.26. The van der Waals surface area contributed by atoms with Gasteiger partial charge in [0.25, 0.3) is 5.91 Å². The molecular formula is C16H23N3O3S. The molecule has 1 aliphatic rings. The number of rotatable bonds is 5. The fourth-order valence-electron chi connectivity index (χ4n) is 2.37. The third kappa shape index (κ3) is 4.87. The second kappa shape index (κ2) is 8.21. The summed E-state index contributed by atoms with van der Waals surface area (Å²) >= 11 is 1.85. The van der Waals surface area contributed by atoms with E-state index in [0.29, 0.717) is 23.4 Å². The number of amides is 2. The molecule has 2 amide bonds. The molecule has 7 heteroatoms. The van der Waals surface area contributed by atoms with E-state index in [1.54, 1.807) is 32.3 Å². The third-order valence-corrected chi connectivity index (χ3v) is 4.69. The van der Waals surface area contributed by atoms with E-state index in [2.05, 4.69) is 10.6 Å². The number of hydrogen-bond acceptors (Lipinski definition) is 5. The van der Waals surface area contributed by atoms with E-state index in [9.17, 15) is 9.59 Å². The molecule has 1 unspecified atom stereocenters. The molecule has 1 atom stereocenters. The lowest BCUT2D eigenvalue weighted by molar-refractivity contribution is -0.116. The van der Waals surface area contributed by atoms with Crippen LogP contribution in [0.25, 0.3) is 0 Å². The van der Waals surface area contributed by atoms with Gasteiger partial charge in [-0.05, 0) is 18.2 Å². The zero-order valence-electron chi connectivity index (χ0n) is 13.7. The summed E-state index contributed by atoms with van der Waals surface area (Å²) in [5.74, 6) is 2.36. The van der Waals surface area contributed by atoms with Crippen LogP contribution >= 0.6 is 11.8 Å². The zero-order chi connectivity index (χ0) is 16.8. The Balaban J connectivity index is 2.08. The molecule has 1 saturated heterocycles. The number of nitrogens with zero attached hydrogens (tertiary/aromatic N) is 1. The van der Waals surface area contributed by atoms with Crippen LogP contribution in [0, 0.1) is 0 Å². The van der Waals surface area contributed by atoms with Gasteiger partial charge < -0.3 is 20.3 Å². The summed E-state index contributed by atoms with van der Waals surface area (Å²) in [6, 6.07) is 5.23. The minimum atomic E-state index is -0.117. The van der Waals surface area contributed by atoms with Gasteiger partial charge in [0.2, 0.25) is 5.91 Å². The van der Waals surface area contributed by atoms with Crippen LogP contribution in [0.1, 0.15) is 16.8 Å². The van der Waals surface area contributed by atoms with Gasteiger partial charge in [-0.15, -0.1) is 0 Å². The fraction of sp³-hybridized carbons (Fsp3) is 0.500. The van der Waals surface area contributed by atoms with E-state index in [1.165, 1.54) is 12.0 Å². The fourth-order valence-corrected chi connectivity index (χ4v) is 3.32. The second-order valence-electron chi connectivity index (χ2n) is 5.59. The lowest BCUT2D eigenvalue weighted by Crippen LogP contribution is -2.39. The Morgan fingerprint density at radius 2 is 2.22 bits per heavy atom. The number of methoxy groups -OCH3 is 1. The van der Waals surface area contributed by atoms with E-state index in [-0.39, 0.29) is 17.9 Å². The molecule has 1 aromatic carbocycles. The van der Waals surface area contributed by atoms with E-state index in [4.69, 9.17) is 4.74 Å². The van der Waals surface area contributed by atoms with Crippen molar-refractivity contribution in [3.63, 3.8) is 0 Å². The molecule has 1 aliphatic heterocycles. The highest BCUT2D eigenvalue weighted by Gasteiger charge is 2.18. The summed E-state index contributed by atoms with van der Waals surface area (Å²) in [7, 11) is 4.92. The summed E-state index contributed by atoms with van der Waals surface area (Å²) in [4.78, 5) is 25.8. The topological polar surface area (TPSA) is 70.7 Å². The van der Waals surface area contributed by atoms with Gasteiger partial charge in [0.05, 0.1) is 12.8 Å². The largest absolute Gasteiger partial charge is 0.495 e. The molecule has 0 radical (unpaired) electrons. The van der Waals surface area contributed by atoms with Crippen molar-refractivity contribution in [2.45, 2.75) is 12.5 Å². The summed E-state index contributed by atoms with van der Waals surface area (Å²) in [6.45, 7) is 0.929. The molecular weight excluding hydrogens is 314 g/mol. The van der Waals surface area contributed by atoms with Gasteiger partial charge in [-0.25, -0.2) is 0 Å². The van der Waals surface area contributed by atoms with E-state index in [0.717, 1.165) is 18.1 Å². The van der Waals surface area contributed by atoms with Crippen molar-refractivity contribution in [2.24, 2.45) is 0 Å². The molecule has 126 valence electrons. The smallest absolute Gasteiger partial charge is 0.253 e. The minimum absolute atomic E-state index is 0.0854. The first kappa shape index (κ1) is 17.6. The summed E-state index contributed by atoms with van der Waals surface area (Å²) in [5, 5.41) is 6.19. The second-order valence-corrected chi connectivity index (χ2v) is 6.74. The molecule has 6 nitrogen and oxygen atoms in total. The Bertz CT molecular complexity index is 572. The van der Waals surface area contributed by atoms with E-state index in [1.807, 2.05) is 11.8 Å². The van der Waals surface area contributed by atoms with Gasteiger partial charge in [0.1, 0.15) is 5.75 Å². The van der Waals surface area contributed by atoms with Gasteiger partial charge >= 0.3 is 0 Å². The first-order valence-electron chi connectivity index (χ1n) is 7.52. The Labute approximate surface area is 140 Å². The maximum Gasteiger partial charge on any atom is 0.253 e. The number of nitrogens with one attached hydrogen (secondary N) is 2. The van der Waals surface area contributed by atoms with Crippen LogP contribution in [0.4, 0.5) is 5.69 Å². The Morgan fingerprint density at radius 1 is 1.43 bits per heavy atom. The Morgan fingerprint density at radius 3 is 2.83 bits per heavy atom. The van der Waals surface area contributed by atoms with Gasteiger partial charge in [-0.2, -0.15) is 11.8 Å². The number of benzene rings is 1. The molecule has 0 bridgehead atoms. The summed E-state index contributed by atoms with van der Waals surface area (Å²) in [6.07, 6.45) is 0.405. The van der Waals surface area contributed by atoms with Gasteiger partial charge in [-0.1, -0.05) is 0 Å². The first-order chi connectivity index (χ1) is 11.0. The Kier molecular flexibility index (Phi) is 6.29. The van der Waals surface area contributed by atoms with Crippen molar-refractivity contribution in [3.8, 4) is 5.75 Å². The number of hydrogen-bond donors (Lipinski definition) is 2. The molecule has 2 N–H and O–H groups in total. The highest BCUT2D eigenvalue weighted by atomic mass is 32.2. The summed E-state index contributed by atoms with van der Waals surface area (Å²) < 4.78 is 5.27. The third-order valence-electron chi connectivity index (χ3n) is 3.56. The quantitative estimate of drug-likeness (QED) is 0.851. The Hall–Kier alpha value is -1.73. The van der Waals surface area contributed by atoms with Crippen LogP contribution in [0.15, 0.2) is 18.2 Å². The number of carbonyl (C=O) groups excluding carboxylic acids is 2. The zero-order valence-corrected chi connectivity index (χ0v) is 14.5. The van der Waals surface area contributed by atoms with Gasteiger partial charge in [0.15, 0.2) is 0 Å². The van der Waals surface area contributed by atoms with Crippen molar-refractivity contribution >= 4 is 29.3 Å². The molecule has 0 aromatic heterocycles. The molecule has 0 aliphatic carbocycles. The lowest BCUT2D eigenvalue weighted by atomic mass is 10.1. The normalized spacial score (nSPS) is 17.4. The van der Waals surface area contributed by atoms with Crippen molar-refractivity contribution in [3.05, 3.63) is 23.8 Å². The van der Waals surface area contributed by atoms with Crippen molar-refractivity contribution in [2.75, 3.05) is 44.6 Å².